The maximum absolute atomic E-state index is 12.7. The SMILES string of the molecule is C=CCOC(=O)N[C@H](CCN1CCN(CC[C@@H](NC(=O)OCC2c3ccccc3-c3ccccc32)C(=O)O)CC1)C(=O)OCC=C. The fourth-order valence-corrected chi connectivity index (χ4v) is 5.71. The Kier molecular flexibility index (Phi) is 12.7. The van der Waals surface area contributed by atoms with Gasteiger partial charge in [-0.1, -0.05) is 73.8 Å². The molecule has 1 aliphatic heterocycles. The van der Waals surface area contributed by atoms with Crippen LogP contribution in [0.4, 0.5) is 9.59 Å². The van der Waals surface area contributed by atoms with Crippen LogP contribution in [-0.2, 0) is 23.8 Å². The molecule has 0 spiro atoms. The third-order valence-corrected chi connectivity index (χ3v) is 8.12. The number of fused-ring (bicyclic) bond motifs is 3. The van der Waals surface area contributed by atoms with Crippen LogP contribution in [0.1, 0.15) is 29.9 Å². The Morgan fingerprint density at radius 1 is 0.761 bits per heavy atom. The number of esters is 1. The molecular formula is C34H42N4O8. The zero-order valence-corrected chi connectivity index (χ0v) is 25.9. The van der Waals surface area contributed by atoms with E-state index in [0.717, 1.165) is 22.3 Å². The molecular weight excluding hydrogens is 592 g/mol. The van der Waals surface area contributed by atoms with Crippen molar-refractivity contribution in [2.24, 2.45) is 0 Å². The van der Waals surface area contributed by atoms with Gasteiger partial charge < -0.3 is 39.8 Å². The van der Waals surface area contributed by atoms with Crippen molar-refractivity contribution in [3.8, 4) is 11.1 Å². The van der Waals surface area contributed by atoms with Crippen LogP contribution in [0.3, 0.4) is 0 Å². The smallest absolute Gasteiger partial charge is 0.408 e. The van der Waals surface area contributed by atoms with Gasteiger partial charge >= 0.3 is 24.1 Å². The molecule has 2 aromatic rings. The van der Waals surface area contributed by atoms with Gasteiger partial charge in [0.15, 0.2) is 0 Å². The van der Waals surface area contributed by atoms with E-state index in [0.29, 0.717) is 45.7 Å². The highest BCUT2D eigenvalue weighted by Gasteiger charge is 2.30. The Bertz CT molecular complexity index is 1350. The molecule has 2 atom stereocenters. The molecule has 3 N–H and O–H groups in total. The van der Waals surface area contributed by atoms with Crippen LogP contribution in [0.5, 0.6) is 0 Å². The number of ether oxygens (including phenoxy) is 3. The van der Waals surface area contributed by atoms with Crippen LogP contribution in [-0.4, -0.2) is 110 Å². The second-order valence-electron chi connectivity index (χ2n) is 11.1. The molecule has 1 heterocycles. The summed E-state index contributed by atoms with van der Waals surface area (Å²) in [6.45, 7) is 10.9. The molecule has 46 heavy (non-hydrogen) atoms. The molecule has 0 unspecified atom stereocenters. The van der Waals surface area contributed by atoms with Gasteiger partial charge in [0.25, 0.3) is 0 Å². The second-order valence-corrected chi connectivity index (χ2v) is 11.1. The lowest BCUT2D eigenvalue weighted by molar-refractivity contribution is -0.145. The summed E-state index contributed by atoms with van der Waals surface area (Å²) in [5.41, 5.74) is 4.39. The number of carbonyl (C=O) groups excluding carboxylic acids is 3. The van der Waals surface area contributed by atoms with Crippen molar-refractivity contribution < 1.29 is 38.5 Å². The number of hydrogen-bond donors (Lipinski definition) is 3. The van der Waals surface area contributed by atoms with E-state index in [9.17, 15) is 24.3 Å². The zero-order chi connectivity index (χ0) is 32.9. The van der Waals surface area contributed by atoms with Crippen molar-refractivity contribution in [3.05, 3.63) is 85.0 Å². The molecule has 0 radical (unpaired) electrons. The van der Waals surface area contributed by atoms with Crippen LogP contribution >= 0.6 is 0 Å². The Balaban J connectivity index is 1.20. The van der Waals surface area contributed by atoms with Crippen molar-refractivity contribution in [3.63, 3.8) is 0 Å². The summed E-state index contributed by atoms with van der Waals surface area (Å²) in [6, 6.07) is 14.0. The van der Waals surface area contributed by atoms with Crippen molar-refractivity contribution in [1.82, 2.24) is 20.4 Å². The minimum Gasteiger partial charge on any atom is -0.480 e. The van der Waals surface area contributed by atoms with Gasteiger partial charge in [-0.15, -0.1) is 0 Å². The number of alkyl carbamates (subject to hydrolysis) is 2. The summed E-state index contributed by atoms with van der Waals surface area (Å²) >= 11 is 0. The highest BCUT2D eigenvalue weighted by Crippen LogP contribution is 2.44. The monoisotopic (exact) mass is 634 g/mol. The normalized spacial score (nSPS) is 15.8. The second kappa shape index (κ2) is 17.1. The van der Waals surface area contributed by atoms with Gasteiger partial charge in [-0.3, -0.25) is 0 Å². The van der Waals surface area contributed by atoms with Gasteiger partial charge in [0.1, 0.15) is 31.9 Å². The lowest BCUT2D eigenvalue weighted by Crippen LogP contribution is -2.50. The average molecular weight is 635 g/mol. The summed E-state index contributed by atoms with van der Waals surface area (Å²) in [6.07, 6.45) is 1.93. The number of carbonyl (C=O) groups is 4. The van der Waals surface area contributed by atoms with Crippen molar-refractivity contribution >= 4 is 24.1 Å². The number of carboxylic acid groups (broad SMARTS) is 1. The van der Waals surface area contributed by atoms with Crippen LogP contribution in [0.15, 0.2) is 73.8 Å². The number of nitrogens with zero attached hydrogens (tertiary/aromatic N) is 2. The minimum absolute atomic E-state index is 0.0200. The first kappa shape index (κ1) is 34.2. The number of amides is 2. The van der Waals surface area contributed by atoms with Gasteiger partial charge in [-0.2, -0.15) is 0 Å². The number of nitrogens with one attached hydrogen (secondary N) is 2. The summed E-state index contributed by atoms with van der Waals surface area (Å²) in [5, 5.41) is 14.9. The number of aliphatic carboxylic acids is 1. The lowest BCUT2D eigenvalue weighted by atomic mass is 9.98. The Morgan fingerprint density at radius 3 is 1.78 bits per heavy atom. The van der Waals surface area contributed by atoms with Crippen molar-refractivity contribution in [2.45, 2.75) is 30.8 Å². The number of carboxylic acids is 1. The highest BCUT2D eigenvalue weighted by atomic mass is 16.6. The van der Waals surface area contributed by atoms with Gasteiger partial charge in [0, 0.05) is 45.2 Å². The Labute approximate surface area is 269 Å². The summed E-state index contributed by atoms with van der Waals surface area (Å²) in [5.74, 6) is -1.81. The number of benzene rings is 2. The molecule has 2 amide bonds. The lowest BCUT2D eigenvalue weighted by Gasteiger charge is -2.35. The number of hydrogen-bond acceptors (Lipinski definition) is 9. The van der Waals surface area contributed by atoms with Gasteiger partial charge in [0.2, 0.25) is 0 Å². The Hall–Kier alpha value is -4.68. The number of rotatable bonds is 16. The molecule has 2 aromatic carbocycles. The fraction of sp³-hybridized carbons (Fsp3) is 0.412. The van der Waals surface area contributed by atoms with Gasteiger partial charge in [0.05, 0.1) is 0 Å². The first-order valence-corrected chi connectivity index (χ1v) is 15.4. The molecule has 0 saturated carbocycles. The van der Waals surface area contributed by atoms with Crippen molar-refractivity contribution in [2.75, 3.05) is 59.1 Å². The summed E-state index contributed by atoms with van der Waals surface area (Å²) < 4.78 is 15.6. The largest absolute Gasteiger partial charge is 0.480 e. The van der Waals surface area contributed by atoms with Crippen LogP contribution in [0.2, 0.25) is 0 Å². The Morgan fingerprint density at radius 2 is 1.24 bits per heavy atom. The molecule has 0 aromatic heterocycles. The molecule has 12 heteroatoms. The molecule has 2 aliphatic rings. The predicted molar refractivity (Wildman–Crippen MR) is 171 cm³/mol. The zero-order valence-electron chi connectivity index (χ0n) is 25.9. The van der Waals surface area contributed by atoms with E-state index in [1.165, 1.54) is 12.2 Å². The molecule has 1 aliphatic carbocycles. The van der Waals surface area contributed by atoms with Gasteiger partial charge in [-0.05, 0) is 35.1 Å². The van der Waals surface area contributed by atoms with E-state index in [2.05, 4.69) is 45.7 Å². The summed E-state index contributed by atoms with van der Waals surface area (Å²) in [7, 11) is 0. The van der Waals surface area contributed by atoms with Crippen LogP contribution in [0, 0.1) is 0 Å². The quantitative estimate of drug-likeness (QED) is 0.143. The molecule has 246 valence electrons. The highest BCUT2D eigenvalue weighted by molar-refractivity contribution is 5.82. The predicted octanol–water partition coefficient (Wildman–Crippen LogP) is 3.39. The maximum Gasteiger partial charge on any atom is 0.408 e. The first-order valence-electron chi connectivity index (χ1n) is 15.4. The third kappa shape index (κ3) is 9.41. The number of piperazine rings is 1. The third-order valence-electron chi connectivity index (χ3n) is 8.12. The maximum atomic E-state index is 12.7. The van der Waals surface area contributed by atoms with E-state index in [1.54, 1.807) is 0 Å². The van der Waals surface area contributed by atoms with E-state index in [-0.39, 0.29) is 32.2 Å². The van der Waals surface area contributed by atoms with E-state index < -0.39 is 36.2 Å². The molecule has 1 fully saturated rings. The molecule has 12 nitrogen and oxygen atoms in total. The van der Waals surface area contributed by atoms with E-state index >= 15 is 0 Å². The van der Waals surface area contributed by atoms with Crippen LogP contribution < -0.4 is 10.6 Å². The van der Waals surface area contributed by atoms with E-state index in [4.69, 9.17) is 14.2 Å². The minimum atomic E-state index is -1.12. The summed E-state index contributed by atoms with van der Waals surface area (Å²) in [4.78, 5) is 53.4. The van der Waals surface area contributed by atoms with Gasteiger partial charge in [-0.25, -0.2) is 19.2 Å². The topological polar surface area (TPSA) is 147 Å². The first-order chi connectivity index (χ1) is 22.3. The van der Waals surface area contributed by atoms with Crippen LogP contribution in [0.25, 0.3) is 11.1 Å². The standard InChI is InChI=1S/C34H42N4O8/c1-3-21-44-32(41)30(36-33(42)45-22-4-2)14-16-38-19-17-37(18-20-38)15-13-29(31(39)40)35-34(43)46-23-28-26-11-7-5-9-24(26)25-10-6-8-12-27(25)28/h3-12,28-30H,1-2,13-23H2,(H,35,43)(H,36,42)(H,39,40)/t29-,30-/m1/s1. The molecule has 1 saturated heterocycles. The average Bonchev–Trinajstić information content (AvgIpc) is 3.39. The molecule has 0 bridgehead atoms. The fourth-order valence-electron chi connectivity index (χ4n) is 5.71. The van der Waals surface area contributed by atoms with E-state index in [1.807, 2.05) is 36.4 Å². The van der Waals surface area contributed by atoms with Crippen molar-refractivity contribution in [1.29, 1.82) is 0 Å². The molecule has 4 rings (SSSR count).